The fourth-order valence-electron chi connectivity index (χ4n) is 1.12. The summed E-state index contributed by atoms with van der Waals surface area (Å²) in [6, 6.07) is 2.47. The van der Waals surface area contributed by atoms with Crippen LogP contribution in [0.2, 0.25) is 0 Å². The van der Waals surface area contributed by atoms with Crippen LogP contribution in [0.4, 0.5) is 5.00 Å². The van der Waals surface area contributed by atoms with Gasteiger partial charge in [-0.3, -0.25) is 19.8 Å². The fraction of sp³-hybridized carbons (Fsp3) is 0.444. The second-order valence-electron chi connectivity index (χ2n) is 3.43. The second-order valence-corrected chi connectivity index (χ2v) is 4.57. The van der Waals surface area contributed by atoms with Gasteiger partial charge < -0.3 is 5.11 Å². The van der Waals surface area contributed by atoms with Crippen LogP contribution in [0, 0.1) is 10.1 Å². The van der Waals surface area contributed by atoms with Crippen molar-refractivity contribution in [2.24, 2.45) is 0 Å². The standard InChI is InChI=1S/C9H12N2O4S/c1-6(9(12)13)10(2)5-7-3-4-8(16-7)11(14)15/h3-4,6H,5H2,1-2H3,(H,12,13). The lowest BCUT2D eigenvalue weighted by Gasteiger charge is -2.19. The van der Waals surface area contributed by atoms with Gasteiger partial charge in [0.15, 0.2) is 0 Å². The zero-order valence-electron chi connectivity index (χ0n) is 8.91. The third kappa shape index (κ3) is 3.01. The minimum Gasteiger partial charge on any atom is -0.480 e. The zero-order chi connectivity index (χ0) is 12.3. The van der Waals surface area contributed by atoms with Gasteiger partial charge in [0.1, 0.15) is 6.04 Å². The topological polar surface area (TPSA) is 83.7 Å². The number of nitrogens with zero attached hydrogens (tertiary/aromatic N) is 2. The van der Waals surface area contributed by atoms with E-state index >= 15 is 0 Å². The Morgan fingerprint density at radius 3 is 2.75 bits per heavy atom. The predicted molar refractivity (Wildman–Crippen MR) is 59.5 cm³/mol. The number of hydrogen-bond acceptors (Lipinski definition) is 5. The van der Waals surface area contributed by atoms with Crippen molar-refractivity contribution < 1.29 is 14.8 Å². The van der Waals surface area contributed by atoms with Crippen molar-refractivity contribution in [2.45, 2.75) is 19.5 Å². The van der Waals surface area contributed by atoms with Gasteiger partial charge in [-0.05, 0) is 20.0 Å². The summed E-state index contributed by atoms with van der Waals surface area (Å²) < 4.78 is 0. The van der Waals surface area contributed by atoms with Crippen LogP contribution in [0.1, 0.15) is 11.8 Å². The summed E-state index contributed by atoms with van der Waals surface area (Å²) in [6.45, 7) is 1.97. The molecule has 1 rings (SSSR count). The van der Waals surface area contributed by atoms with Gasteiger partial charge in [0.05, 0.1) is 4.92 Å². The van der Waals surface area contributed by atoms with Crippen molar-refractivity contribution in [1.29, 1.82) is 0 Å². The van der Waals surface area contributed by atoms with E-state index in [2.05, 4.69) is 0 Å². The lowest BCUT2D eigenvalue weighted by atomic mass is 10.3. The van der Waals surface area contributed by atoms with Crippen LogP contribution in [0.3, 0.4) is 0 Å². The molecule has 1 atom stereocenters. The molecule has 0 aromatic carbocycles. The number of rotatable bonds is 5. The number of likely N-dealkylation sites (N-methyl/N-ethyl adjacent to an activating group) is 1. The molecule has 0 radical (unpaired) electrons. The van der Waals surface area contributed by atoms with E-state index in [1.54, 1.807) is 24.9 Å². The van der Waals surface area contributed by atoms with Crippen molar-refractivity contribution in [3.05, 3.63) is 27.1 Å². The van der Waals surface area contributed by atoms with Crippen molar-refractivity contribution in [1.82, 2.24) is 4.90 Å². The Bertz CT molecular complexity index is 404. The monoisotopic (exact) mass is 244 g/mol. The first-order valence-electron chi connectivity index (χ1n) is 4.58. The van der Waals surface area contributed by atoms with Gasteiger partial charge in [-0.2, -0.15) is 0 Å². The maximum atomic E-state index is 10.7. The minimum absolute atomic E-state index is 0.0754. The van der Waals surface area contributed by atoms with Gasteiger partial charge >= 0.3 is 11.0 Å². The molecular formula is C9H12N2O4S. The number of carboxylic acid groups (broad SMARTS) is 1. The molecule has 0 fully saturated rings. The van der Waals surface area contributed by atoms with Crippen LogP contribution < -0.4 is 0 Å². The Morgan fingerprint density at radius 1 is 1.69 bits per heavy atom. The number of thiophene rings is 1. The van der Waals surface area contributed by atoms with E-state index in [-0.39, 0.29) is 5.00 Å². The molecule has 7 heteroatoms. The third-order valence-corrected chi connectivity index (χ3v) is 3.27. The molecule has 0 spiro atoms. The number of hydrogen-bond donors (Lipinski definition) is 1. The van der Waals surface area contributed by atoms with Gasteiger partial charge in [-0.25, -0.2) is 0 Å². The van der Waals surface area contributed by atoms with Crippen LogP contribution in [0.25, 0.3) is 0 Å². The Balaban J connectivity index is 2.66. The molecule has 0 aliphatic rings. The van der Waals surface area contributed by atoms with Crippen LogP contribution in [-0.4, -0.2) is 34.0 Å². The van der Waals surface area contributed by atoms with Crippen molar-refractivity contribution in [2.75, 3.05) is 7.05 Å². The molecular weight excluding hydrogens is 232 g/mol. The summed E-state index contributed by atoms with van der Waals surface area (Å²) in [6.07, 6.45) is 0. The first kappa shape index (κ1) is 12.6. The average Bonchev–Trinajstić information content (AvgIpc) is 2.64. The summed E-state index contributed by atoms with van der Waals surface area (Å²) >= 11 is 1.06. The average molecular weight is 244 g/mol. The van der Waals surface area contributed by atoms with Crippen LogP contribution in [0.5, 0.6) is 0 Å². The van der Waals surface area contributed by atoms with E-state index < -0.39 is 16.9 Å². The largest absolute Gasteiger partial charge is 0.480 e. The summed E-state index contributed by atoms with van der Waals surface area (Å²) in [4.78, 5) is 23.1. The molecule has 1 N–H and O–H groups in total. The van der Waals surface area contributed by atoms with Crippen LogP contribution >= 0.6 is 11.3 Å². The number of aliphatic carboxylic acids is 1. The van der Waals surface area contributed by atoms with Gasteiger partial charge in [0.25, 0.3) is 0 Å². The molecule has 1 heterocycles. The van der Waals surface area contributed by atoms with E-state index in [9.17, 15) is 14.9 Å². The SMILES string of the molecule is CC(C(=O)O)N(C)Cc1ccc([N+](=O)[O-])s1. The summed E-state index contributed by atoms with van der Waals surface area (Å²) in [7, 11) is 1.67. The van der Waals surface area contributed by atoms with Gasteiger partial charge in [0.2, 0.25) is 0 Å². The maximum Gasteiger partial charge on any atom is 0.324 e. The number of carbonyl (C=O) groups is 1. The van der Waals surface area contributed by atoms with Crippen LogP contribution in [-0.2, 0) is 11.3 Å². The first-order valence-corrected chi connectivity index (χ1v) is 5.39. The molecule has 1 aromatic rings. The molecule has 0 aliphatic heterocycles. The lowest BCUT2D eigenvalue weighted by molar-refractivity contribution is -0.380. The molecule has 1 unspecified atom stereocenters. The van der Waals surface area contributed by atoms with Crippen LogP contribution in [0.15, 0.2) is 12.1 Å². The molecule has 0 aliphatic carbocycles. The maximum absolute atomic E-state index is 10.7. The summed E-state index contributed by atoms with van der Waals surface area (Å²) in [5, 5.41) is 19.3. The Hall–Kier alpha value is -1.47. The lowest BCUT2D eigenvalue weighted by Crippen LogP contribution is -2.34. The van der Waals surface area contributed by atoms with Gasteiger partial charge in [-0.15, -0.1) is 0 Å². The van der Waals surface area contributed by atoms with Crippen molar-refractivity contribution in [3.8, 4) is 0 Å². The van der Waals surface area contributed by atoms with E-state index in [1.165, 1.54) is 6.07 Å². The van der Waals surface area contributed by atoms with E-state index in [0.29, 0.717) is 6.54 Å². The van der Waals surface area contributed by atoms with Gasteiger partial charge in [0, 0.05) is 17.5 Å². The molecule has 0 saturated carbocycles. The summed E-state index contributed by atoms with van der Waals surface area (Å²) in [5.74, 6) is -0.909. The number of carboxylic acids is 1. The highest BCUT2D eigenvalue weighted by atomic mass is 32.1. The molecule has 0 saturated heterocycles. The van der Waals surface area contributed by atoms with E-state index in [4.69, 9.17) is 5.11 Å². The molecule has 6 nitrogen and oxygen atoms in total. The minimum atomic E-state index is -0.909. The Morgan fingerprint density at radius 2 is 2.31 bits per heavy atom. The second kappa shape index (κ2) is 5.04. The normalized spacial score (nSPS) is 12.7. The molecule has 16 heavy (non-hydrogen) atoms. The van der Waals surface area contributed by atoms with E-state index in [0.717, 1.165) is 16.2 Å². The molecule has 88 valence electrons. The molecule has 0 bridgehead atoms. The Labute approximate surface area is 96.3 Å². The predicted octanol–water partition coefficient (Wildman–Crippen LogP) is 1.56. The highest BCUT2D eigenvalue weighted by Crippen LogP contribution is 2.25. The smallest absolute Gasteiger partial charge is 0.324 e. The highest BCUT2D eigenvalue weighted by molar-refractivity contribution is 7.15. The first-order chi connectivity index (χ1) is 7.41. The Kier molecular flexibility index (Phi) is 3.97. The van der Waals surface area contributed by atoms with Gasteiger partial charge in [-0.1, -0.05) is 11.3 Å². The van der Waals surface area contributed by atoms with Crippen molar-refractivity contribution in [3.63, 3.8) is 0 Å². The highest BCUT2D eigenvalue weighted by Gasteiger charge is 2.18. The summed E-state index contributed by atoms with van der Waals surface area (Å²) in [5.41, 5.74) is 0. The zero-order valence-corrected chi connectivity index (χ0v) is 9.73. The van der Waals surface area contributed by atoms with Crippen molar-refractivity contribution >= 4 is 22.3 Å². The number of nitro groups is 1. The molecule has 0 amide bonds. The molecule has 1 aromatic heterocycles. The third-order valence-electron chi connectivity index (χ3n) is 2.25. The quantitative estimate of drug-likeness (QED) is 0.627. The van der Waals surface area contributed by atoms with E-state index in [1.807, 2.05) is 0 Å². The fourth-order valence-corrected chi connectivity index (χ4v) is 2.00.